The number of halogens is 6. The minimum absolute atomic E-state index is 0.0586. The predicted molar refractivity (Wildman–Crippen MR) is 140 cm³/mol. The lowest BCUT2D eigenvalue weighted by Crippen LogP contribution is -2.45. The van der Waals surface area contributed by atoms with Crippen LogP contribution in [-0.2, 0) is 27.9 Å². The average Bonchev–Trinajstić information content (AvgIpc) is 3.36. The average molecular weight is 617 g/mol. The molecule has 2 aromatic heterocycles. The fraction of sp³-hybridized carbons (Fsp3) is 0.407. The van der Waals surface area contributed by atoms with Gasteiger partial charge in [-0.2, -0.15) is 26.3 Å². The number of rotatable bonds is 4. The fourth-order valence-corrected chi connectivity index (χ4v) is 4.80. The van der Waals surface area contributed by atoms with Crippen LogP contribution in [0.4, 0.5) is 36.8 Å². The van der Waals surface area contributed by atoms with Crippen molar-refractivity contribution in [3.8, 4) is 11.6 Å². The summed E-state index contributed by atoms with van der Waals surface area (Å²) in [7, 11) is 0. The van der Waals surface area contributed by atoms with Crippen molar-refractivity contribution in [3.05, 3.63) is 65.6 Å². The van der Waals surface area contributed by atoms with E-state index in [2.05, 4.69) is 20.5 Å². The van der Waals surface area contributed by atoms with E-state index in [1.807, 2.05) is 0 Å². The number of carbonyl (C=O) groups is 1. The molecule has 4 rings (SSSR count). The number of allylic oxidation sites excluding steroid dienone is 1. The lowest BCUT2D eigenvalue weighted by Gasteiger charge is -2.31. The zero-order valence-electron chi connectivity index (χ0n) is 22.6. The molecule has 0 radical (unpaired) electrons. The number of alkyl halides is 6. The van der Waals surface area contributed by atoms with Crippen LogP contribution in [-0.4, -0.2) is 38.8 Å². The summed E-state index contributed by atoms with van der Waals surface area (Å²) in [6, 6.07) is 8.74. The van der Waals surface area contributed by atoms with Crippen molar-refractivity contribution in [1.82, 2.24) is 15.2 Å². The number of ether oxygens (including phenoxy) is 2. The van der Waals surface area contributed by atoms with Crippen molar-refractivity contribution in [1.29, 1.82) is 0 Å². The Hall–Kier alpha value is -3.59. The van der Waals surface area contributed by atoms with Gasteiger partial charge in [-0.25, -0.2) is 9.78 Å². The van der Waals surface area contributed by atoms with Crippen molar-refractivity contribution >= 4 is 23.5 Å². The normalized spacial score (nSPS) is 18.8. The van der Waals surface area contributed by atoms with Gasteiger partial charge in [0, 0.05) is 12.2 Å². The summed E-state index contributed by atoms with van der Waals surface area (Å²) in [6.07, 6.45) is -9.07. The number of fused-ring (bicyclic) bond motifs is 5. The molecule has 0 saturated carbocycles. The topological polar surface area (TPSA) is 99.4 Å². The maximum atomic E-state index is 14.8. The number of thioether (sulfide) groups is 1. The van der Waals surface area contributed by atoms with Gasteiger partial charge in [-0.3, -0.25) is 5.32 Å². The second-order valence-electron chi connectivity index (χ2n) is 10.2. The minimum atomic E-state index is -5.05. The molecule has 1 aliphatic heterocycles. The monoisotopic (exact) mass is 616 g/mol. The molecule has 1 aromatic carbocycles. The van der Waals surface area contributed by atoms with Crippen LogP contribution in [0.3, 0.4) is 0 Å². The number of carbonyl (C=O) groups excluding carboxylic acids is 1. The number of benzene rings is 1. The molecule has 15 heteroatoms. The van der Waals surface area contributed by atoms with Crippen molar-refractivity contribution in [3.63, 3.8) is 0 Å². The molecule has 0 saturated heterocycles. The van der Waals surface area contributed by atoms with E-state index in [4.69, 9.17) is 13.9 Å². The molecule has 3 aromatic rings. The first kappa shape index (κ1) is 31.3. The van der Waals surface area contributed by atoms with Gasteiger partial charge in [0.1, 0.15) is 10.6 Å². The predicted octanol–water partition coefficient (Wildman–Crippen LogP) is 7.91. The first-order chi connectivity index (χ1) is 19.6. The van der Waals surface area contributed by atoms with Crippen LogP contribution in [0.5, 0.6) is 0 Å². The summed E-state index contributed by atoms with van der Waals surface area (Å²) in [6.45, 7) is 4.16. The Balaban J connectivity index is 1.87. The third kappa shape index (κ3) is 7.24. The molecule has 1 amide bonds. The van der Waals surface area contributed by atoms with Crippen molar-refractivity contribution in [2.45, 2.75) is 68.8 Å². The van der Waals surface area contributed by atoms with Crippen LogP contribution < -0.4 is 5.32 Å². The Labute approximate surface area is 240 Å². The third-order valence-electron chi connectivity index (χ3n) is 5.78. The van der Waals surface area contributed by atoms with Crippen molar-refractivity contribution in [2.24, 2.45) is 0 Å². The number of pyridine rings is 1. The smallest absolute Gasteiger partial charge is 0.426 e. The van der Waals surface area contributed by atoms with Crippen LogP contribution in [0.15, 0.2) is 58.0 Å². The molecule has 8 nitrogen and oxygen atoms in total. The van der Waals surface area contributed by atoms with Gasteiger partial charge in [0.05, 0.1) is 17.9 Å². The maximum absolute atomic E-state index is 14.8. The maximum Gasteiger partial charge on any atom is 0.426 e. The van der Waals surface area contributed by atoms with E-state index in [9.17, 15) is 31.1 Å². The van der Waals surface area contributed by atoms with Crippen molar-refractivity contribution in [2.75, 3.05) is 11.1 Å². The Bertz CT molecular complexity index is 1440. The Morgan fingerprint density at radius 2 is 1.79 bits per heavy atom. The second-order valence-corrected chi connectivity index (χ2v) is 11.3. The number of hydrogen-bond acceptors (Lipinski definition) is 8. The zero-order valence-corrected chi connectivity index (χ0v) is 23.4. The molecule has 0 fully saturated rings. The SMILES string of the molecule is CC(C)(C)OC(=O)Nc1cc(C(F)(F)F)c2nc1-c1nnc(o1)[C@@](OCc1ccccc1)(C(F)(F)F)C/C=C/CCS2. The summed E-state index contributed by atoms with van der Waals surface area (Å²) in [4.78, 5) is 16.5. The molecule has 1 N–H and O–H groups in total. The highest BCUT2D eigenvalue weighted by Crippen LogP contribution is 2.47. The highest BCUT2D eigenvalue weighted by atomic mass is 32.2. The van der Waals surface area contributed by atoms with Crippen LogP contribution >= 0.6 is 11.8 Å². The number of anilines is 1. The van der Waals surface area contributed by atoms with E-state index in [-0.39, 0.29) is 12.2 Å². The van der Waals surface area contributed by atoms with Gasteiger partial charge in [-0.15, -0.1) is 22.0 Å². The van der Waals surface area contributed by atoms with Crippen LogP contribution in [0.2, 0.25) is 0 Å². The van der Waals surface area contributed by atoms with Crippen LogP contribution in [0.1, 0.15) is 50.6 Å². The molecule has 226 valence electrons. The van der Waals surface area contributed by atoms with Gasteiger partial charge in [-0.1, -0.05) is 42.5 Å². The number of aromatic nitrogens is 3. The van der Waals surface area contributed by atoms with E-state index in [1.165, 1.54) is 12.2 Å². The first-order valence-electron chi connectivity index (χ1n) is 12.6. The zero-order chi connectivity index (χ0) is 30.8. The highest BCUT2D eigenvalue weighted by Gasteiger charge is 2.61. The van der Waals surface area contributed by atoms with Crippen LogP contribution in [0.25, 0.3) is 11.6 Å². The molecule has 0 spiro atoms. The van der Waals surface area contributed by atoms with Gasteiger partial charge in [0.25, 0.3) is 11.8 Å². The Morgan fingerprint density at radius 3 is 2.43 bits per heavy atom. The van der Waals surface area contributed by atoms with E-state index in [0.29, 0.717) is 11.6 Å². The number of hydrogen-bond donors (Lipinski definition) is 1. The third-order valence-corrected chi connectivity index (χ3v) is 6.81. The van der Waals surface area contributed by atoms with Gasteiger partial charge < -0.3 is 13.9 Å². The number of nitrogens with one attached hydrogen (secondary N) is 1. The fourth-order valence-electron chi connectivity index (χ4n) is 3.86. The van der Waals surface area contributed by atoms with Gasteiger partial charge in [-0.05, 0) is 38.8 Å². The van der Waals surface area contributed by atoms with Crippen LogP contribution in [0, 0.1) is 0 Å². The van der Waals surface area contributed by atoms with Crippen molar-refractivity contribution < 1.29 is 45.0 Å². The molecule has 42 heavy (non-hydrogen) atoms. The molecule has 1 aliphatic rings. The molecule has 3 heterocycles. The van der Waals surface area contributed by atoms with E-state index in [1.54, 1.807) is 51.1 Å². The summed E-state index contributed by atoms with van der Waals surface area (Å²) in [5, 5.41) is 9.01. The summed E-state index contributed by atoms with van der Waals surface area (Å²) in [5.74, 6) is -1.58. The summed E-state index contributed by atoms with van der Waals surface area (Å²) in [5.41, 5.74) is -5.85. The van der Waals surface area contributed by atoms with Gasteiger partial charge in [0.15, 0.2) is 5.69 Å². The Kier molecular flexibility index (Phi) is 8.92. The molecule has 1 atom stereocenters. The van der Waals surface area contributed by atoms with E-state index >= 15 is 0 Å². The molecule has 0 unspecified atom stereocenters. The molecular formula is C27H26F6N4O4S. The standard InChI is InChI=1S/C27H26F6N4O4S/c1-24(2,3)41-23(38)34-18-14-17(26(28,29)30)21-35-19(18)20-36-37-22(40-20)25(27(31,32)33,12-8-5-9-13-42-21)39-15-16-10-6-4-7-11-16/h4-8,10-11,14H,9,12-13,15H2,1-3H3,(H,34,38)/b8-5+/t25-/m1/s1. The first-order valence-corrected chi connectivity index (χ1v) is 13.6. The summed E-state index contributed by atoms with van der Waals surface area (Å²) >= 11 is 0.734. The molecular weight excluding hydrogens is 590 g/mol. The largest absolute Gasteiger partial charge is 0.444 e. The highest BCUT2D eigenvalue weighted by molar-refractivity contribution is 7.99. The lowest BCUT2D eigenvalue weighted by molar-refractivity contribution is -0.295. The quantitative estimate of drug-likeness (QED) is 0.233. The van der Waals surface area contributed by atoms with E-state index < -0.39 is 76.4 Å². The van der Waals surface area contributed by atoms with Gasteiger partial charge >= 0.3 is 18.4 Å². The Morgan fingerprint density at radius 1 is 1.07 bits per heavy atom. The second kappa shape index (κ2) is 12.0. The number of nitrogens with zero attached hydrogens (tertiary/aromatic N) is 3. The molecule has 0 aliphatic carbocycles. The summed E-state index contributed by atoms with van der Waals surface area (Å²) < 4.78 is 102. The minimum Gasteiger partial charge on any atom is -0.444 e. The van der Waals surface area contributed by atoms with Gasteiger partial charge in [0.2, 0.25) is 5.60 Å². The van der Waals surface area contributed by atoms with E-state index in [0.717, 1.165) is 11.8 Å². The molecule has 4 bridgehead atoms. The lowest BCUT2D eigenvalue weighted by atomic mass is 9.97. The number of amides is 1.